The molecule has 3 amide bonds. The predicted molar refractivity (Wildman–Crippen MR) is 108 cm³/mol. The van der Waals surface area contributed by atoms with E-state index >= 15 is 0 Å². The smallest absolute Gasteiger partial charge is 0.310 e. The van der Waals surface area contributed by atoms with Crippen molar-refractivity contribution in [2.24, 2.45) is 5.92 Å². The lowest BCUT2D eigenvalue weighted by Crippen LogP contribution is -2.50. The summed E-state index contributed by atoms with van der Waals surface area (Å²) in [5.41, 5.74) is 2.43. The second-order valence-corrected chi connectivity index (χ2v) is 10.0. The number of urea groups is 1. The van der Waals surface area contributed by atoms with Gasteiger partial charge in [0, 0.05) is 25.2 Å². The standard InChI is InChI=1S/C18H31N5O7S/c1-12-4-6-21(7-5-12)15-8-13(19-9-15)11-29-20-17(24)16-3-2-14-10-22(16)18(25)23(14)30-31(26,27)28/h12-16,19H,2-11H2,1H3,(H,20,24)(H,26,27,28)/t13-,14-,15+,16+/m1/s1. The van der Waals surface area contributed by atoms with E-state index in [0.29, 0.717) is 30.6 Å². The third-order valence-corrected chi connectivity index (χ3v) is 7.14. The SMILES string of the molecule is CC1CCN([C@@H]2CN[C@@H](CONC(=O)[C@@H]3CC[C@@H]4CN3C(=O)N4OS(=O)(=O)O)C2)CC1. The van der Waals surface area contributed by atoms with E-state index in [0.717, 1.165) is 32.0 Å². The maximum absolute atomic E-state index is 12.6. The van der Waals surface area contributed by atoms with Gasteiger partial charge < -0.3 is 10.2 Å². The summed E-state index contributed by atoms with van der Waals surface area (Å²) in [6.45, 7) is 5.93. The lowest BCUT2D eigenvalue weighted by molar-refractivity contribution is -0.139. The number of likely N-dealkylation sites (tertiary alicyclic amines) is 1. The van der Waals surface area contributed by atoms with Gasteiger partial charge in [0.15, 0.2) is 0 Å². The Labute approximate surface area is 182 Å². The maximum Gasteiger partial charge on any atom is 0.418 e. The van der Waals surface area contributed by atoms with Crippen LogP contribution in [0.3, 0.4) is 0 Å². The zero-order valence-corrected chi connectivity index (χ0v) is 18.4. The van der Waals surface area contributed by atoms with E-state index in [1.54, 1.807) is 0 Å². The van der Waals surface area contributed by atoms with Crippen LogP contribution in [0.25, 0.3) is 0 Å². The molecule has 176 valence electrons. The number of hydrogen-bond acceptors (Lipinski definition) is 8. The van der Waals surface area contributed by atoms with Gasteiger partial charge in [0.2, 0.25) is 0 Å². The normalized spacial score (nSPS) is 32.6. The van der Waals surface area contributed by atoms with Gasteiger partial charge in [-0.2, -0.15) is 13.5 Å². The molecule has 0 aromatic carbocycles. The molecule has 0 radical (unpaired) electrons. The van der Waals surface area contributed by atoms with E-state index in [2.05, 4.69) is 26.9 Å². The molecule has 4 fully saturated rings. The van der Waals surface area contributed by atoms with E-state index in [1.807, 2.05) is 0 Å². The van der Waals surface area contributed by atoms with Gasteiger partial charge in [0.25, 0.3) is 5.91 Å². The lowest BCUT2D eigenvalue weighted by atomic mass is 9.97. The molecule has 0 aromatic rings. The summed E-state index contributed by atoms with van der Waals surface area (Å²) in [6, 6.07) is -1.44. The molecule has 13 heteroatoms. The second-order valence-electron chi connectivity index (χ2n) is 9.00. The van der Waals surface area contributed by atoms with Crippen LogP contribution in [0.2, 0.25) is 0 Å². The van der Waals surface area contributed by atoms with Gasteiger partial charge in [-0.3, -0.25) is 19.1 Å². The van der Waals surface area contributed by atoms with Gasteiger partial charge in [-0.1, -0.05) is 6.92 Å². The third-order valence-electron chi connectivity index (χ3n) is 6.79. The van der Waals surface area contributed by atoms with Gasteiger partial charge in [-0.25, -0.2) is 10.3 Å². The quantitative estimate of drug-likeness (QED) is 0.338. The Morgan fingerprint density at radius 3 is 2.68 bits per heavy atom. The summed E-state index contributed by atoms with van der Waals surface area (Å²) >= 11 is 0. The van der Waals surface area contributed by atoms with Gasteiger partial charge in [-0.05, 0) is 51.1 Å². The van der Waals surface area contributed by atoms with Crippen LogP contribution in [0.15, 0.2) is 0 Å². The number of nitrogens with one attached hydrogen (secondary N) is 2. The first-order valence-electron chi connectivity index (χ1n) is 10.9. The van der Waals surface area contributed by atoms with Crippen molar-refractivity contribution in [3.05, 3.63) is 0 Å². The number of carbonyl (C=O) groups excluding carboxylic acids is 2. The molecule has 12 nitrogen and oxygen atoms in total. The van der Waals surface area contributed by atoms with E-state index in [4.69, 9.17) is 9.39 Å². The fourth-order valence-corrected chi connectivity index (χ4v) is 5.37. The molecule has 0 aliphatic carbocycles. The Morgan fingerprint density at radius 2 is 1.97 bits per heavy atom. The number of carbonyl (C=O) groups is 2. The molecule has 0 saturated carbocycles. The minimum absolute atomic E-state index is 0.146. The number of piperidine rings is 2. The van der Waals surface area contributed by atoms with E-state index < -0.39 is 34.4 Å². The Morgan fingerprint density at radius 1 is 1.23 bits per heavy atom. The number of hydroxylamine groups is 3. The Bertz CT molecular complexity index is 788. The molecule has 0 aromatic heterocycles. The van der Waals surface area contributed by atoms with Crippen LogP contribution in [0.5, 0.6) is 0 Å². The molecule has 4 aliphatic heterocycles. The van der Waals surface area contributed by atoms with Crippen molar-refractivity contribution in [2.45, 2.75) is 63.2 Å². The van der Waals surface area contributed by atoms with Crippen molar-refractivity contribution in [3.8, 4) is 0 Å². The highest BCUT2D eigenvalue weighted by Crippen LogP contribution is 2.30. The molecule has 0 spiro atoms. The zero-order chi connectivity index (χ0) is 22.2. The number of fused-ring (bicyclic) bond motifs is 2. The summed E-state index contributed by atoms with van der Waals surface area (Å²) in [7, 11) is -4.81. The fraction of sp³-hybridized carbons (Fsp3) is 0.889. The molecule has 0 unspecified atom stereocenters. The second kappa shape index (κ2) is 9.16. The van der Waals surface area contributed by atoms with E-state index in [1.165, 1.54) is 17.7 Å². The molecule has 2 bridgehead atoms. The average molecular weight is 462 g/mol. The molecular weight excluding hydrogens is 430 g/mol. The van der Waals surface area contributed by atoms with Crippen molar-refractivity contribution in [1.29, 1.82) is 0 Å². The van der Waals surface area contributed by atoms with E-state index in [9.17, 15) is 18.0 Å². The van der Waals surface area contributed by atoms with Crippen molar-refractivity contribution in [2.75, 3.05) is 32.8 Å². The Balaban J connectivity index is 1.21. The molecule has 4 heterocycles. The summed E-state index contributed by atoms with van der Waals surface area (Å²) < 4.78 is 35.1. The topological polar surface area (TPSA) is 141 Å². The van der Waals surface area contributed by atoms with Gasteiger partial charge in [-0.15, -0.1) is 4.28 Å². The fourth-order valence-electron chi connectivity index (χ4n) is 4.98. The van der Waals surface area contributed by atoms with Crippen LogP contribution < -0.4 is 10.8 Å². The van der Waals surface area contributed by atoms with Crippen LogP contribution in [-0.2, 0) is 24.3 Å². The van der Waals surface area contributed by atoms with Gasteiger partial charge >= 0.3 is 16.4 Å². The van der Waals surface area contributed by atoms with Crippen LogP contribution in [0, 0.1) is 5.92 Å². The maximum atomic E-state index is 12.6. The van der Waals surface area contributed by atoms with Gasteiger partial charge in [0.05, 0.1) is 12.6 Å². The number of nitrogens with zero attached hydrogens (tertiary/aromatic N) is 3. The Kier molecular flexibility index (Phi) is 6.70. The van der Waals surface area contributed by atoms with Crippen LogP contribution in [0.4, 0.5) is 4.79 Å². The van der Waals surface area contributed by atoms with Crippen molar-refractivity contribution in [1.82, 2.24) is 25.7 Å². The molecule has 31 heavy (non-hydrogen) atoms. The van der Waals surface area contributed by atoms with Crippen molar-refractivity contribution in [3.63, 3.8) is 0 Å². The van der Waals surface area contributed by atoms with Gasteiger partial charge in [0.1, 0.15) is 6.04 Å². The summed E-state index contributed by atoms with van der Waals surface area (Å²) in [4.78, 5) is 34.1. The summed E-state index contributed by atoms with van der Waals surface area (Å²) in [5.74, 6) is 0.337. The van der Waals surface area contributed by atoms with Crippen molar-refractivity contribution < 1.29 is 31.7 Å². The number of amides is 3. The van der Waals surface area contributed by atoms with Crippen LogP contribution >= 0.6 is 0 Å². The average Bonchev–Trinajstić information content (AvgIpc) is 3.27. The third kappa shape index (κ3) is 5.29. The predicted octanol–water partition coefficient (Wildman–Crippen LogP) is -0.500. The zero-order valence-electron chi connectivity index (χ0n) is 17.6. The highest BCUT2D eigenvalue weighted by atomic mass is 32.3. The molecule has 4 atom stereocenters. The van der Waals surface area contributed by atoms with Crippen LogP contribution in [-0.4, -0.2) is 96.7 Å². The largest absolute Gasteiger partial charge is 0.418 e. The molecule has 4 saturated heterocycles. The Hall–Kier alpha value is -1.51. The minimum Gasteiger partial charge on any atom is -0.310 e. The number of rotatable bonds is 7. The lowest BCUT2D eigenvalue weighted by Gasteiger charge is -2.34. The van der Waals surface area contributed by atoms with E-state index in [-0.39, 0.29) is 12.6 Å². The molecule has 4 aliphatic rings. The monoisotopic (exact) mass is 461 g/mol. The first-order valence-corrected chi connectivity index (χ1v) is 12.2. The minimum atomic E-state index is -4.81. The molecule has 4 rings (SSSR count). The summed E-state index contributed by atoms with van der Waals surface area (Å²) in [5, 5.41) is 4.06. The molecule has 3 N–H and O–H groups in total. The van der Waals surface area contributed by atoms with Crippen LogP contribution in [0.1, 0.15) is 39.0 Å². The molecular formula is C18H31N5O7S. The van der Waals surface area contributed by atoms with Crippen molar-refractivity contribution >= 4 is 22.3 Å². The number of hydrogen-bond donors (Lipinski definition) is 3. The highest BCUT2D eigenvalue weighted by molar-refractivity contribution is 7.80. The highest BCUT2D eigenvalue weighted by Gasteiger charge is 2.49. The summed E-state index contributed by atoms with van der Waals surface area (Å²) in [6.07, 6.45) is 4.14. The first kappa shape index (κ1) is 22.7. The first-order chi connectivity index (χ1) is 14.7.